The van der Waals surface area contributed by atoms with Crippen LogP contribution in [0.2, 0.25) is 0 Å². The van der Waals surface area contributed by atoms with Crippen LogP contribution in [0.4, 0.5) is 0 Å². The maximum Gasteiger partial charge on any atom is 0.378 e. The molecule has 1 unspecified atom stereocenters. The quantitative estimate of drug-likeness (QED) is 0.221. The fourth-order valence-electron chi connectivity index (χ4n) is 2.00. The van der Waals surface area contributed by atoms with E-state index in [9.17, 15) is 25.3 Å². The van der Waals surface area contributed by atoms with Crippen LogP contribution in [0.15, 0.2) is 48.5 Å². The van der Waals surface area contributed by atoms with Gasteiger partial charge in [0.2, 0.25) is 6.21 Å². The molecule has 22 heavy (non-hydrogen) atoms. The van der Waals surface area contributed by atoms with Crippen molar-refractivity contribution in [2.75, 3.05) is 0 Å². The first-order valence-electron chi connectivity index (χ1n) is 6.58. The second-order valence-electron chi connectivity index (χ2n) is 4.80. The number of hydrogen-bond donors (Lipinski definition) is 4. The lowest BCUT2D eigenvalue weighted by Gasteiger charge is -2.07. The van der Waals surface area contributed by atoms with E-state index in [0.717, 1.165) is 0 Å². The highest BCUT2D eigenvalue weighted by atomic mass is 16.5. The highest BCUT2D eigenvalue weighted by Gasteiger charge is 2.30. The molecule has 0 aliphatic carbocycles. The molecule has 0 aromatic heterocycles. The van der Waals surface area contributed by atoms with Crippen LogP contribution in [0.1, 0.15) is 11.1 Å². The Kier molecular flexibility index (Phi) is 4.63. The Bertz CT molecular complexity index is 697. The molecule has 0 spiro atoms. The molecular formula is C16H16NO5+. The summed E-state index contributed by atoms with van der Waals surface area (Å²) in [7, 11) is 0. The first kappa shape index (κ1) is 15.4. The van der Waals surface area contributed by atoms with Crippen molar-refractivity contribution in [3.05, 3.63) is 59.7 Å². The maximum atomic E-state index is 11.4. The number of phenolic OH excluding ortho intramolecular Hbond substituents is 2. The van der Waals surface area contributed by atoms with E-state index in [1.54, 1.807) is 24.3 Å². The van der Waals surface area contributed by atoms with Gasteiger partial charge in [0.1, 0.15) is 0 Å². The number of aromatic hydroxyl groups is 2. The normalized spacial score (nSPS) is 12.8. The number of aliphatic carboxylic acids is 1. The number of phenols is 2. The van der Waals surface area contributed by atoms with E-state index in [1.807, 2.05) is 6.07 Å². The van der Waals surface area contributed by atoms with Gasteiger partial charge in [-0.15, -0.1) is 0 Å². The molecule has 6 heteroatoms. The molecule has 114 valence electrons. The van der Waals surface area contributed by atoms with Gasteiger partial charge >= 0.3 is 12.0 Å². The Labute approximate surface area is 126 Å². The zero-order chi connectivity index (χ0) is 16.1. The van der Waals surface area contributed by atoms with Crippen LogP contribution >= 0.6 is 0 Å². The van der Waals surface area contributed by atoms with Crippen molar-refractivity contribution in [1.82, 2.24) is 0 Å². The molecule has 0 amide bonds. The number of carbonyl (C=O) groups is 1. The summed E-state index contributed by atoms with van der Waals surface area (Å²) in [6.45, 7) is 0. The predicted molar refractivity (Wildman–Crippen MR) is 78.6 cm³/mol. The third kappa shape index (κ3) is 3.76. The van der Waals surface area contributed by atoms with Gasteiger partial charge in [0.25, 0.3) is 0 Å². The lowest BCUT2D eigenvalue weighted by Crippen LogP contribution is -2.35. The number of rotatable bonds is 5. The van der Waals surface area contributed by atoms with Crippen molar-refractivity contribution in [2.45, 2.75) is 12.5 Å². The van der Waals surface area contributed by atoms with Crippen molar-refractivity contribution in [1.29, 1.82) is 0 Å². The summed E-state index contributed by atoms with van der Waals surface area (Å²) in [6.07, 6.45) is 1.28. The Balaban J connectivity index is 2.24. The Morgan fingerprint density at radius 2 is 1.77 bits per heavy atom. The van der Waals surface area contributed by atoms with Crippen molar-refractivity contribution in [3.8, 4) is 11.5 Å². The topological polar surface area (TPSA) is 101 Å². The molecule has 0 saturated carbocycles. The molecule has 0 bridgehead atoms. The molecule has 0 aliphatic heterocycles. The number of hydrogen-bond acceptors (Lipinski definition) is 4. The van der Waals surface area contributed by atoms with Crippen molar-refractivity contribution < 1.29 is 30.1 Å². The van der Waals surface area contributed by atoms with Gasteiger partial charge in [-0.1, -0.05) is 24.3 Å². The molecule has 0 fully saturated rings. The maximum absolute atomic E-state index is 11.4. The van der Waals surface area contributed by atoms with E-state index < -0.39 is 12.0 Å². The minimum atomic E-state index is -1.22. The number of carboxylic acids is 1. The average molecular weight is 302 g/mol. The van der Waals surface area contributed by atoms with Crippen LogP contribution in [0, 0.1) is 0 Å². The molecule has 0 heterocycles. The summed E-state index contributed by atoms with van der Waals surface area (Å²) in [4.78, 5) is 11.4. The molecule has 0 saturated heterocycles. The van der Waals surface area contributed by atoms with Crippen LogP contribution in [-0.2, 0) is 11.2 Å². The van der Waals surface area contributed by atoms with Crippen LogP contribution in [-0.4, -0.2) is 43.5 Å². The molecule has 2 aromatic carbocycles. The Morgan fingerprint density at radius 3 is 2.36 bits per heavy atom. The summed E-state index contributed by atoms with van der Waals surface area (Å²) in [5, 5.41) is 38.0. The fourth-order valence-corrected chi connectivity index (χ4v) is 2.00. The smallest absolute Gasteiger partial charge is 0.378 e. The second-order valence-corrected chi connectivity index (χ2v) is 4.80. The van der Waals surface area contributed by atoms with Gasteiger partial charge in [0, 0.05) is 5.56 Å². The average Bonchev–Trinajstić information content (AvgIpc) is 2.49. The van der Waals surface area contributed by atoms with E-state index in [1.165, 1.54) is 24.4 Å². The van der Waals surface area contributed by atoms with Gasteiger partial charge in [-0.2, -0.15) is 0 Å². The molecule has 4 N–H and O–H groups in total. The SMILES string of the molecule is O=C(O)C(Cc1ccc(O)c(O)c1)[N+](O)=Cc1ccccc1. The van der Waals surface area contributed by atoms with E-state index in [2.05, 4.69) is 0 Å². The molecule has 2 aromatic rings. The van der Waals surface area contributed by atoms with E-state index >= 15 is 0 Å². The summed E-state index contributed by atoms with van der Waals surface area (Å²) >= 11 is 0. The van der Waals surface area contributed by atoms with Gasteiger partial charge in [0.15, 0.2) is 11.5 Å². The standard InChI is InChI=1S/C16H15NO5/c18-14-7-6-12(9-15(14)19)8-13(16(20)21)17(22)10-11-4-2-1-3-5-11/h1-7,9-10,13H,8H2,(H3-,18,19,20,21,22)/p+1. The third-order valence-corrected chi connectivity index (χ3v) is 3.15. The van der Waals surface area contributed by atoms with Crippen LogP contribution in [0.3, 0.4) is 0 Å². The molecule has 1 atom stereocenters. The van der Waals surface area contributed by atoms with Gasteiger partial charge < -0.3 is 15.3 Å². The van der Waals surface area contributed by atoms with E-state index in [0.29, 0.717) is 15.9 Å². The van der Waals surface area contributed by atoms with Gasteiger partial charge in [0.05, 0.1) is 6.42 Å². The second kappa shape index (κ2) is 6.62. The first-order chi connectivity index (χ1) is 10.5. The van der Waals surface area contributed by atoms with Gasteiger partial charge in [-0.25, -0.2) is 4.79 Å². The zero-order valence-corrected chi connectivity index (χ0v) is 11.6. The van der Waals surface area contributed by atoms with Crippen molar-refractivity contribution in [2.24, 2.45) is 0 Å². The van der Waals surface area contributed by atoms with Crippen molar-refractivity contribution in [3.63, 3.8) is 0 Å². The summed E-state index contributed by atoms with van der Waals surface area (Å²) in [5.41, 5.74) is 1.13. The number of carboxylic acid groups (broad SMARTS) is 1. The lowest BCUT2D eigenvalue weighted by atomic mass is 10.1. The molecule has 0 radical (unpaired) electrons. The summed E-state index contributed by atoms with van der Waals surface area (Å²) in [5.74, 6) is -1.83. The highest BCUT2D eigenvalue weighted by Crippen LogP contribution is 2.25. The minimum Gasteiger partial charge on any atom is -0.504 e. The first-order valence-corrected chi connectivity index (χ1v) is 6.58. The van der Waals surface area contributed by atoms with Gasteiger partial charge in [-0.3, -0.25) is 5.21 Å². The monoisotopic (exact) mass is 302 g/mol. The zero-order valence-electron chi connectivity index (χ0n) is 11.6. The predicted octanol–water partition coefficient (Wildman–Crippen LogP) is 1.61. The number of hydroxylamine groups is 1. The molecular weight excluding hydrogens is 286 g/mol. The molecule has 6 nitrogen and oxygen atoms in total. The molecule has 2 rings (SSSR count). The summed E-state index contributed by atoms with van der Waals surface area (Å²) in [6, 6.07) is 11.6. The van der Waals surface area contributed by atoms with E-state index in [4.69, 9.17) is 0 Å². The van der Waals surface area contributed by atoms with Crippen LogP contribution < -0.4 is 0 Å². The third-order valence-electron chi connectivity index (χ3n) is 3.15. The number of nitrogens with zero attached hydrogens (tertiary/aromatic N) is 1. The van der Waals surface area contributed by atoms with E-state index in [-0.39, 0.29) is 17.9 Å². The van der Waals surface area contributed by atoms with Gasteiger partial charge in [-0.05, 0) is 34.6 Å². The Hall–Kier alpha value is -3.02. The fraction of sp³-hybridized carbons (Fsp3) is 0.125. The number of benzene rings is 2. The Morgan fingerprint density at radius 1 is 1.09 bits per heavy atom. The lowest BCUT2D eigenvalue weighted by molar-refractivity contribution is -0.787. The van der Waals surface area contributed by atoms with Crippen LogP contribution in [0.25, 0.3) is 0 Å². The minimum absolute atomic E-state index is 0.0387. The summed E-state index contributed by atoms with van der Waals surface area (Å²) < 4.78 is 0.627. The largest absolute Gasteiger partial charge is 0.504 e. The molecule has 0 aliphatic rings. The van der Waals surface area contributed by atoms with Crippen molar-refractivity contribution >= 4 is 12.2 Å². The van der Waals surface area contributed by atoms with Crippen LogP contribution in [0.5, 0.6) is 11.5 Å². The highest BCUT2D eigenvalue weighted by molar-refractivity contribution is 5.78.